The quantitative estimate of drug-likeness (QED) is 0.519. The standard InChI is InChI=1S/C22H26N4O3/c1-4-25(5-2)8-9-26-12-19-20(22(26)29)13(3)18(23-19)11-16-15-10-14(27)6-7-17(15)24-21(16)28/h6-7,10-11,23,27H,4-5,8-9,12H2,1-3H3,(H,24,28)/b16-11+. The van der Waals surface area contributed by atoms with Crippen LogP contribution in [-0.2, 0) is 11.3 Å². The van der Waals surface area contributed by atoms with E-state index in [0.717, 1.165) is 36.6 Å². The third kappa shape index (κ3) is 3.31. The number of anilines is 1. The Bertz CT molecular complexity index is 1020. The molecule has 0 aliphatic carbocycles. The zero-order valence-electron chi connectivity index (χ0n) is 17.0. The van der Waals surface area contributed by atoms with Gasteiger partial charge < -0.3 is 25.2 Å². The van der Waals surface area contributed by atoms with Crippen LogP contribution in [0, 0.1) is 6.92 Å². The summed E-state index contributed by atoms with van der Waals surface area (Å²) in [4.78, 5) is 32.8. The molecule has 0 bridgehead atoms. The third-order valence-electron chi connectivity index (χ3n) is 5.87. The van der Waals surface area contributed by atoms with Crippen LogP contribution < -0.4 is 5.32 Å². The van der Waals surface area contributed by atoms with Gasteiger partial charge in [0.15, 0.2) is 0 Å². The molecule has 0 radical (unpaired) electrons. The van der Waals surface area contributed by atoms with Crippen molar-refractivity contribution in [2.45, 2.75) is 27.3 Å². The van der Waals surface area contributed by atoms with Gasteiger partial charge in [-0.1, -0.05) is 13.8 Å². The number of phenols is 1. The van der Waals surface area contributed by atoms with E-state index in [9.17, 15) is 14.7 Å². The smallest absolute Gasteiger partial charge is 0.256 e. The third-order valence-corrected chi connectivity index (χ3v) is 5.87. The predicted octanol–water partition coefficient (Wildman–Crippen LogP) is 2.82. The van der Waals surface area contributed by atoms with Gasteiger partial charge in [-0.25, -0.2) is 0 Å². The molecule has 0 unspecified atom stereocenters. The lowest BCUT2D eigenvalue weighted by Crippen LogP contribution is -2.35. The van der Waals surface area contributed by atoms with Gasteiger partial charge in [0.25, 0.3) is 11.8 Å². The normalized spacial score (nSPS) is 16.7. The number of nitrogens with one attached hydrogen (secondary N) is 2. The number of phenolic OH excluding ortho intramolecular Hbond substituents is 1. The van der Waals surface area contributed by atoms with Gasteiger partial charge in [0, 0.05) is 35.7 Å². The van der Waals surface area contributed by atoms with Crippen molar-refractivity contribution in [2.75, 3.05) is 31.5 Å². The maximum absolute atomic E-state index is 12.9. The lowest BCUT2D eigenvalue weighted by atomic mass is 10.0. The number of carbonyl (C=O) groups excluding carboxylic acids is 2. The van der Waals surface area contributed by atoms with E-state index in [-0.39, 0.29) is 17.6 Å². The molecule has 29 heavy (non-hydrogen) atoms. The van der Waals surface area contributed by atoms with Gasteiger partial charge in [-0.3, -0.25) is 9.59 Å². The first-order chi connectivity index (χ1) is 13.9. The maximum atomic E-state index is 12.9. The van der Waals surface area contributed by atoms with Crippen LogP contribution in [0.1, 0.15) is 46.7 Å². The fraction of sp³-hybridized carbons (Fsp3) is 0.364. The monoisotopic (exact) mass is 394 g/mol. The van der Waals surface area contributed by atoms with Crippen LogP contribution in [0.5, 0.6) is 5.75 Å². The Morgan fingerprint density at radius 1 is 1.24 bits per heavy atom. The van der Waals surface area contributed by atoms with Gasteiger partial charge in [-0.15, -0.1) is 0 Å². The summed E-state index contributed by atoms with van der Waals surface area (Å²) in [6.45, 7) is 10.2. The van der Waals surface area contributed by atoms with E-state index in [1.54, 1.807) is 24.3 Å². The topological polar surface area (TPSA) is 88.7 Å². The average Bonchev–Trinajstić information content (AvgIpc) is 3.29. The SMILES string of the molecule is CCN(CC)CCN1Cc2[nH]c(/C=C3/C(=O)Nc4ccc(O)cc43)c(C)c2C1=O. The van der Waals surface area contributed by atoms with E-state index >= 15 is 0 Å². The van der Waals surface area contributed by atoms with Gasteiger partial charge in [0.2, 0.25) is 0 Å². The first-order valence-corrected chi connectivity index (χ1v) is 10.0. The van der Waals surface area contributed by atoms with Crippen LogP contribution in [-0.4, -0.2) is 57.9 Å². The second-order valence-corrected chi connectivity index (χ2v) is 7.51. The minimum Gasteiger partial charge on any atom is -0.508 e. The number of H-pyrrole nitrogens is 1. The van der Waals surface area contributed by atoms with Gasteiger partial charge in [-0.2, -0.15) is 0 Å². The van der Waals surface area contributed by atoms with Crippen LogP contribution in [0.25, 0.3) is 11.6 Å². The van der Waals surface area contributed by atoms with Gasteiger partial charge in [0.05, 0.1) is 17.7 Å². The molecule has 0 atom stereocenters. The minimum atomic E-state index is -0.216. The molecule has 2 amide bonds. The number of fused-ring (bicyclic) bond motifs is 2. The van der Waals surface area contributed by atoms with Crippen molar-refractivity contribution >= 4 is 29.2 Å². The number of benzene rings is 1. The van der Waals surface area contributed by atoms with E-state index in [1.165, 1.54) is 0 Å². The van der Waals surface area contributed by atoms with Crippen molar-refractivity contribution in [2.24, 2.45) is 0 Å². The number of aromatic amines is 1. The number of hydrogen-bond acceptors (Lipinski definition) is 4. The first kappa shape index (κ1) is 19.3. The lowest BCUT2D eigenvalue weighted by molar-refractivity contribution is -0.110. The van der Waals surface area contributed by atoms with Crippen LogP contribution in [0.3, 0.4) is 0 Å². The molecular formula is C22H26N4O3. The zero-order chi connectivity index (χ0) is 20.7. The molecule has 3 heterocycles. The van der Waals surface area contributed by atoms with E-state index in [2.05, 4.69) is 29.0 Å². The van der Waals surface area contributed by atoms with Gasteiger partial charge in [0.1, 0.15) is 5.75 Å². The number of carbonyl (C=O) groups is 2. The average molecular weight is 394 g/mol. The number of nitrogens with zero attached hydrogens (tertiary/aromatic N) is 2. The van der Waals surface area contributed by atoms with E-state index in [0.29, 0.717) is 35.5 Å². The number of amides is 2. The molecule has 2 aliphatic heterocycles. The largest absolute Gasteiger partial charge is 0.508 e. The van der Waals surface area contributed by atoms with Crippen molar-refractivity contribution in [3.05, 3.63) is 46.3 Å². The molecule has 0 spiro atoms. The molecule has 4 rings (SSSR count). The second-order valence-electron chi connectivity index (χ2n) is 7.51. The molecule has 3 N–H and O–H groups in total. The number of hydrogen-bond donors (Lipinski definition) is 3. The Kier molecular flexibility index (Phi) is 4.92. The lowest BCUT2D eigenvalue weighted by Gasteiger charge is -2.22. The van der Waals surface area contributed by atoms with Crippen LogP contribution in [0.4, 0.5) is 5.69 Å². The summed E-state index contributed by atoms with van der Waals surface area (Å²) < 4.78 is 0. The molecule has 2 aromatic rings. The number of aromatic hydroxyl groups is 1. The molecule has 152 valence electrons. The molecular weight excluding hydrogens is 368 g/mol. The van der Waals surface area contributed by atoms with Crippen molar-refractivity contribution < 1.29 is 14.7 Å². The van der Waals surface area contributed by atoms with Crippen molar-refractivity contribution in [1.29, 1.82) is 0 Å². The Hall–Kier alpha value is -3.06. The zero-order valence-corrected chi connectivity index (χ0v) is 17.0. The first-order valence-electron chi connectivity index (χ1n) is 10.0. The molecule has 7 heteroatoms. The number of likely N-dealkylation sites (N-methyl/N-ethyl adjacent to an activating group) is 1. The molecule has 2 aliphatic rings. The minimum absolute atomic E-state index is 0.0412. The Labute approximate surface area is 170 Å². The number of rotatable bonds is 6. The summed E-state index contributed by atoms with van der Waals surface area (Å²) in [5, 5.41) is 12.6. The van der Waals surface area contributed by atoms with E-state index in [1.807, 2.05) is 11.8 Å². The van der Waals surface area contributed by atoms with Gasteiger partial charge in [-0.05, 0) is 49.9 Å². The summed E-state index contributed by atoms with van der Waals surface area (Å²) in [7, 11) is 0. The Morgan fingerprint density at radius 3 is 2.69 bits per heavy atom. The maximum Gasteiger partial charge on any atom is 0.256 e. The summed E-state index contributed by atoms with van der Waals surface area (Å²) in [5.41, 5.74) is 5.03. The summed E-state index contributed by atoms with van der Waals surface area (Å²) in [5.74, 6) is -0.0673. The predicted molar refractivity (Wildman–Crippen MR) is 113 cm³/mol. The molecule has 7 nitrogen and oxygen atoms in total. The highest BCUT2D eigenvalue weighted by Crippen LogP contribution is 2.37. The molecule has 0 saturated heterocycles. The van der Waals surface area contributed by atoms with Crippen molar-refractivity contribution in [1.82, 2.24) is 14.8 Å². The molecule has 0 fully saturated rings. The number of aromatic nitrogens is 1. The van der Waals surface area contributed by atoms with Crippen LogP contribution in [0.2, 0.25) is 0 Å². The fourth-order valence-electron chi connectivity index (χ4n) is 4.10. The van der Waals surface area contributed by atoms with Gasteiger partial charge >= 0.3 is 0 Å². The summed E-state index contributed by atoms with van der Waals surface area (Å²) in [6, 6.07) is 4.80. The van der Waals surface area contributed by atoms with Crippen LogP contribution >= 0.6 is 0 Å². The summed E-state index contributed by atoms with van der Waals surface area (Å²) in [6.07, 6.45) is 1.77. The molecule has 1 aromatic heterocycles. The molecule has 1 aromatic carbocycles. The summed E-state index contributed by atoms with van der Waals surface area (Å²) >= 11 is 0. The van der Waals surface area contributed by atoms with Crippen molar-refractivity contribution in [3.63, 3.8) is 0 Å². The Morgan fingerprint density at radius 2 is 2.00 bits per heavy atom. The highest BCUT2D eigenvalue weighted by Gasteiger charge is 2.33. The fourth-order valence-corrected chi connectivity index (χ4v) is 4.10. The van der Waals surface area contributed by atoms with Crippen molar-refractivity contribution in [3.8, 4) is 5.75 Å². The highest BCUT2D eigenvalue weighted by atomic mass is 16.3. The van der Waals surface area contributed by atoms with E-state index in [4.69, 9.17) is 0 Å². The van der Waals surface area contributed by atoms with E-state index < -0.39 is 0 Å². The highest BCUT2D eigenvalue weighted by molar-refractivity contribution is 6.35. The second kappa shape index (κ2) is 7.40. The molecule has 0 saturated carbocycles. The Balaban J connectivity index is 1.59. The van der Waals surface area contributed by atoms with Crippen LogP contribution in [0.15, 0.2) is 18.2 Å².